The van der Waals surface area contributed by atoms with Crippen molar-refractivity contribution in [1.29, 1.82) is 0 Å². The molecule has 0 bridgehead atoms. The Balaban J connectivity index is 6.42. The second-order valence-corrected chi connectivity index (χ2v) is 6.32. The highest BCUT2D eigenvalue weighted by Crippen LogP contribution is 2.62. The van der Waals surface area contributed by atoms with Gasteiger partial charge in [-0.1, -0.05) is 0 Å². The van der Waals surface area contributed by atoms with Crippen LogP contribution in [0.2, 0.25) is 0 Å². The highest BCUT2D eigenvalue weighted by atomic mass is 19.4. The number of rotatable bonds is 11. The fraction of sp³-hybridized carbons (Fsp3) is 0.786. The smallest absolute Gasteiger partial charge is 0.460 e. The van der Waals surface area contributed by atoms with Crippen molar-refractivity contribution >= 4 is 17.8 Å². The van der Waals surface area contributed by atoms with Crippen LogP contribution in [0.25, 0.3) is 0 Å². The average molecular weight is 557 g/mol. The third-order valence-corrected chi connectivity index (χ3v) is 3.89. The molecule has 6 nitrogen and oxygen atoms in total. The normalized spacial score (nSPS) is 15.4. The van der Waals surface area contributed by atoms with Gasteiger partial charge in [-0.3, -0.25) is 9.59 Å². The molecule has 0 saturated heterocycles. The third kappa shape index (κ3) is 5.16. The van der Waals surface area contributed by atoms with E-state index in [9.17, 15) is 80.2 Å². The van der Waals surface area contributed by atoms with Crippen LogP contribution >= 0.6 is 0 Å². The van der Waals surface area contributed by atoms with Crippen LogP contribution in [0.3, 0.4) is 0 Å². The first-order chi connectivity index (χ1) is 15.2. The van der Waals surface area contributed by atoms with Gasteiger partial charge in [0.2, 0.25) is 0 Å². The number of alkyl halides is 15. The Kier molecular flexibility index (Phi) is 8.72. The predicted octanol–water partition coefficient (Wildman–Crippen LogP) is 3.88. The molecule has 21 heteroatoms. The van der Waals surface area contributed by atoms with E-state index in [1.54, 1.807) is 0 Å². The third-order valence-electron chi connectivity index (χ3n) is 3.89. The number of carbonyl (C=O) groups excluding carboxylic acids is 2. The van der Waals surface area contributed by atoms with Gasteiger partial charge < -0.3 is 15.2 Å². The second-order valence-electron chi connectivity index (χ2n) is 6.32. The first kappa shape index (κ1) is 32.4. The van der Waals surface area contributed by atoms with Gasteiger partial charge >= 0.3 is 53.7 Å². The lowest BCUT2D eigenvalue weighted by Gasteiger charge is -2.41. The summed E-state index contributed by atoms with van der Waals surface area (Å²) in [6, 6.07) is -3.01. The van der Waals surface area contributed by atoms with E-state index < -0.39 is 78.6 Å². The molecular formula is C14H10F15NO5. The van der Waals surface area contributed by atoms with Crippen molar-refractivity contribution in [3.05, 3.63) is 0 Å². The quantitative estimate of drug-likeness (QED) is 0.297. The number of aliphatic carboxylic acids is 1. The Bertz CT molecular complexity index is 823. The fourth-order valence-corrected chi connectivity index (χ4v) is 1.94. The van der Waals surface area contributed by atoms with Gasteiger partial charge in [-0.25, -0.2) is 4.79 Å². The molecule has 0 aromatic rings. The minimum absolute atomic E-state index is 0.306. The lowest BCUT2D eigenvalue weighted by molar-refractivity contribution is -0.449. The molecule has 206 valence electrons. The molecule has 0 aliphatic heterocycles. The molecule has 0 saturated carbocycles. The molecule has 0 aromatic carbocycles. The van der Waals surface area contributed by atoms with Crippen LogP contribution < -0.4 is 5.32 Å². The number of carboxylic acids is 1. The lowest BCUT2D eigenvalue weighted by atomic mass is 9.90. The van der Waals surface area contributed by atoms with Crippen molar-refractivity contribution in [2.24, 2.45) is 0 Å². The molecule has 0 spiro atoms. The van der Waals surface area contributed by atoms with Gasteiger partial charge in [-0.05, 0) is 6.92 Å². The molecule has 1 amide bonds. The van der Waals surface area contributed by atoms with E-state index in [0.29, 0.717) is 5.32 Å². The largest absolute Gasteiger partial charge is 0.480 e. The zero-order valence-electron chi connectivity index (χ0n) is 16.2. The van der Waals surface area contributed by atoms with E-state index in [2.05, 4.69) is 4.74 Å². The maximum Gasteiger partial charge on any atom is 0.460 e. The van der Waals surface area contributed by atoms with Crippen LogP contribution in [0.15, 0.2) is 0 Å². The van der Waals surface area contributed by atoms with Crippen LogP contribution in [0.4, 0.5) is 65.9 Å². The molecule has 1 atom stereocenters. The van der Waals surface area contributed by atoms with E-state index in [0.717, 1.165) is 6.92 Å². The van der Waals surface area contributed by atoms with Gasteiger partial charge in [0.1, 0.15) is 6.04 Å². The predicted molar refractivity (Wildman–Crippen MR) is 76.6 cm³/mol. The standard InChI is InChI=1S/C14H10F15NO5/c1-2-35-5(31)3-4(6(32)33)30-7(34)8(15,16)9(17,18)10(19,20)11(21,22)12(23,24)13(25,26)14(27,28)29/h4H,2-3H2,1H3,(H,30,34)(H,32,33). The number of hydrogen-bond acceptors (Lipinski definition) is 4. The molecule has 0 radical (unpaired) electrons. The number of nitrogens with one attached hydrogen (secondary N) is 1. The van der Waals surface area contributed by atoms with E-state index in [-0.39, 0.29) is 0 Å². The molecule has 0 fully saturated rings. The van der Waals surface area contributed by atoms with Gasteiger partial charge in [0.15, 0.2) is 0 Å². The number of carbonyl (C=O) groups is 3. The van der Waals surface area contributed by atoms with Gasteiger partial charge in [0.05, 0.1) is 13.0 Å². The summed E-state index contributed by atoms with van der Waals surface area (Å²) in [5, 5.41) is 8.96. The van der Waals surface area contributed by atoms with Crippen molar-refractivity contribution in [3.8, 4) is 0 Å². The highest BCUT2D eigenvalue weighted by molar-refractivity contribution is 5.91. The molecule has 35 heavy (non-hydrogen) atoms. The van der Waals surface area contributed by atoms with E-state index >= 15 is 0 Å². The summed E-state index contributed by atoms with van der Waals surface area (Å²) in [6.07, 6.45) is -9.45. The van der Waals surface area contributed by atoms with Crippen LogP contribution in [-0.2, 0) is 19.1 Å². The lowest BCUT2D eigenvalue weighted by Crippen LogP contribution is -2.74. The summed E-state index contributed by atoms with van der Waals surface area (Å²) in [4.78, 5) is 33.3. The minimum Gasteiger partial charge on any atom is -0.480 e. The van der Waals surface area contributed by atoms with Gasteiger partial charge in [0.25, 0.3) is 5.91 Å². The molecule has 1 unspecified atom stereocenters. The Morgan fingerprint density at radius 1 is 0.714 bits per heavy atom. The minimum atomic E-state index is -8.61. The summed E-state index contributed by atoms with van der Waals surface area (Å²) in [5.74, 6) is -57.4. The second kappa shape index (κ2) is 9.43. The fourth-order valence-electron chi connectivity index (χ4n) is 1.94. The molecule has 0 aromatic heterocycles. The van der Waals surface area contributed by atoms with E-state index in [1.165, 1.54) is 0 Å². The maximum absolute atomic E-state index is 13.7. The summed E-state index contributed by atoms with van der Waals surface area (Å²) in [6.45, 7) is 0.590. The molecule has 0 aliphatic rings. The molecular weight excluding hydrogens is 547 g/mol. The Morgan fingerprint density at radius 3 is 1.43 bits per heavy atom. The Labute approximate surface area is 182 Å². The molecule has 2 N–H and O–H groups in total. The van der Waals surface area contributed by atoms with Crippen molar-refractivity contribution in [2.45, 2.75) is 61.1 Å². The average Bonchev–Trinajstić information content (AvgIpc) is 2.65. The van der Waals surface area contributed by atoms with Crippen molar-refractivity contribution in [1.82, 2.24) is 5.32 Å². The molecule has 0 heterocycles. The first-order valence-electron chi connectivity index (χ1n) is 8.21. The van der Waals surface area contributed by atoms with Crippen LogP contribution in [0.5, 0.6) is 0 Å². The summed E-state index contributed by atoms with van der Waals surface area (Å²) in [5.41, 5.74) is 0. The number of amides is 1. The van der Waals surface area contributed by atoms with E-state index in [1.807, 2.05) is 0 Å². The summed E-state index contributed by atoms with van der Waals surface area (Å²) >= 11 is 0. The zero-order chi connectivity index (χ0) is 28.6. The van der Waals surface area contributed by atoms with E-state index in [4.69, 9.17) is 5.11 Å². The summed E-state index contributed by atoms with van der Waals surface area (Å²) < 4.78 is 200. The van der Waals surface area contributed by atoms with Crippen molar-refractivity contribution in [2.75, 3.05) is 6.61 Å². The number of esters is 1. The SMILES string of the molecule is CCOC(=O)CC(NC(=O)C(F)(F)C(F)(F)C(F)(F)C(F)(F)C(F)(F)C(F)(F)C(F)(F)F)C(=O)O. The number of carboxylic acid groups (broad SMARTS) is 1. The van der Waals surface area contributed by atoms with Crippen molar-refractivity contribution in [3.63, 3.8) is 0 Å². The zero-order valence-corrected chi connectivity index (χ0v) is 16.2. The summed E-state index contributed by atoms with van der Waals surface area (Å²) in [7, 11) is 0. The first-order valence-corrected chi connectivity index (χ1v) is 8.21. The molecule has 0 aliphatic carbocycles. The Morgan fingerprint density at radius 2 is 1.09 bits per heavy atom. The number of ether oxygens (including phenoxy) is 1. The van der Waals surface area contributed by atoms with Gasteiger partial charge in [-0.15, -0.1) is 0 Å². The molecule has 0 rings (SSSR count). The van der Waals surface area contributed by atoms with Gasteiger partial charge in [0, 0.05) is 0 Å². The van der Waals surface area contributed by atoms with Gasteiger partial charge in [-0.2, -0.15) is 65.9 Å². The Hall–Kier alpha value is -2.64. The van der Waals surface area contributed by atoms with Crippen LogP contribution in [-0.4, -0.2) is 77.3 Å². The van der Waals surface area contributed by atoms with Crippen LogP contribution in [0, 0.1) is 0 Å². The number of halogens is 15. The highest BCUT2D eigenvalue weighted by Gasteiger charge is 2.94. The monoisotopic (exact) mass is 557 g/mol. The number of hydrogen-bond donors (Lipinski definition) is 2. The topological polar surface area (TPSA) is 92.7 Å². The van der Waals surface area contributed by atoms with Crippen molar-refractivity contribution < 1.29 is 90.1 Å². The van der Waals surface area contributed by atoms with Crippen LogP contribution in [0.1, 0.15) is 13.3 Å². The maximum atomic E-state index is 13.7.